The average Bonchev–Trinajstić information content (AvgIpc) is 2.21. The van der Waals surface area contributed by atoms with Gasteiger partial charge in [0.05, 0.1) is 10.7 Å². The predicted molar refractivity (Wildman–Crippen MR) is 66.8 cm³/mol. The van der Waals surface area contributed by atoms with Crippen molar-refractivity contribution in [2.75, 3.05) is 10.6 Å². The number of hydrogen-bond acceptors (Lipinski definition) is 3. The molecule has 1 aliphatic heterocycles. The molecule has 17 heavy (non-hydrogen) atoms. The minimum Gasteiger partial charge on any atom is -0.399 e. The van der Waals surface area contributed by atoms with Gasteiger partial charge < -0.3 is 5.73 Å². The van der Waals surface area contributed by atoms with E-state index in [9.17, 15) is 9.59 Å². The standard InChI is InChI=1S/C12H13ClN2O2/c1-7-4-11(16)15(12(17)5-7)10-6-8(14)2-3-9(10)13/h2-3,6-7H,4-5,14H2,1H3. The number of piperidine rings is 1. The van der Waals surface area contributed by atoms with Gasteiger partial charge in [0.2, 0.25) is 11.8 Å². The Morgan fingerprint density at radius 1 is 1.29 bits per heavy atom. The third-order valence-corrected chi connectivity index (χ3v) is 3.08. The van der Waals surface area contributed by atoms with Crippen molar-refractivity contribution >= 4 is 34.8 Å². The van der Waals surface area contributed by atoms with Crippen molar-refractivity contribution in [3.8, 4) is 0 Å². The third-order valence-electron chi connectivity index (χ3n) is 2.76. The molecule has 1 aliphatic rings. The largest absolute Gasteiger partial charge is 0.399 e. The highest BCUT2D eigenvalue weighted by Crippen LogP contribution is 2.32. The van der Waals surface area contributed by atoms with Gasteiger partial charge in [-0.25, -0.2) is 4.90 Å². The highest BCUT2D eigenvalue weighted by Gasteiger charge is 2.32. The van der Waals surface area contributed by atoms with Crippen LogP contribution >= 0.6 is 11.6 Å². The van der Waals surface area contributed by atoms with Gasteiger partial charge in [-0.2, -0.15) is 0 Å². The van der Waals surface area contributed by atoms with Gasteiger partial charge >= 0.3 is 0 Å². The first kappa shape index (κ1) is 11.9. The summed E-state index contributed by atoms with van der Waals surface area (Å²) in [6.45, 7) is 1.88. The van der Waals surface area contributed by atoms with Crippen molar-refractivity contribution in [1.29, 1.82) is 0 Å². The topological polar surface area (TPSA) is 63.4 Å². The molecule has 0 aromatic heterocycles. The van der Waals surface area contributed by atoms with Crippen molar-refractivity contribution in [2.45, 2.75) is 19.8 Å². The van der Waals surface area contributed by atoms with Crippen LogP contribution in [0.2, 0.25) is 5.02 Å². The summed E-state index contributed by atoms with van der Waals surface area (Å²) in [5.74, 6) is -0.353. The number of hydrogen-bond donors (Lipinski definition) is 1. The molecule has 4 nitrogen and oxygen atoms in total. The predicted octanol–water partition coefficient (Wildman–Crippen LogP) is 2.21. The molecule has 1 heterocycles. The van der Waals surface area contributed by atoms with Gasteiger partial charge in [0.15, 0.2) is 0 Å². The second-order valence-electron chi connectivity index (χ2n) is 4.35. The van der Waals surface area contributed by atoms with Crippen molar-refractivity contribution in [3.63, 3.8) is 0 Å². The summed E-state index contributed by atoms with van der Waals surface area (Å²) in [4.78, 5) is 24.9. The van der Waals surface area contributed by atoms with Crippen LogP contribution in [0.25, 0.3) is 0 Å². The summed E-state index contributed by atoms with van der Waals surface area (Å²) in [5.41, 5.74) is 6.50. The summed E-state index contributed by atoms with van der Waals surface area (Å²) in [6.07, 6.45) is 0.716. The maximum absolute atomic E-state index is 11.9. The second kappa shape index (κ2) is 4.37. The van der Waals surface area contributed by atoms with Crippen molar-refractivity contribution < 1.29 is 9.59 Å². The SMILES string of the molecule is CC1CC(=O)N(c2cc(N)ccc2Cl)C(=O)C1. The number of rotatable bonds is 1. The number of nitrogens with zero attached hydrogens (tertiary/aromatic N) is 1. The maximum Gasteiger partial charge on any atom is 0.234 e. The maximum atomic E-state index is 11.9. The molecule has 0 bridgehead atoms. The normalized spacial score (nSPS) is 17.6. The van der Waals surface area contributed by atoms with E-state index in [0.717, 1.165) is 4.90 Å². The van der Waals surface area contributed by atoms with Crippen LogP contribution in [-0.2, 0) is 9.59 Å². The van der Waals surface area contributed by atoms with E-state index in [4.69, 9.17) is 17.3 Å². The molecule has 2 N–H and O–H groups in total. The van der Waals surface area contributed by atoms with Crippen LogP contribution in [-0.4, -0.2) is 11.8 Å². The van der Waals surface area contributed by atoms with E-state index < -0.39 is 0 Å². The molecule has 1 aromatic rings. The fourth-order valence-corrected chi connectivity index (χ4v) is 2.16. The zero-order valence-corrected chi connectivity index (χ0v) is 10.2. The summed E-state index contributed by atoms with van der Waals surface area (Å²) in [7, 11) is 0. The first-order valence-corrected chi connectivity index (χ1v) is 5.77. The van der Waals surface area contributed by atoms with Crippen molar-refractivity contribution in [2.24, 2.45) is 5.92 Å². The van der Waals surface area contributed by atoms with Crippen LogP contribution in [0.15, 0.2) is 18.2 Å². The molecule has 1 fully saturated rings. The monoisotopic (exact) mass is 252 g/mol. The lowest BCUT2D eigenvalue weighted by molar-refractivity contribution is -0.130. The van der Waals surface area contributed by atoms with Gasteiger partial charge in [0, 0.05) is 18.5 Å². The van der Waals surface area contributed by atoms with Crippen LogP contribution in [0.5, 0.6) is 0 Å². The highest BCUT2D eigenvalue weighted by atomic mass is 35.5. The molecule has 0 spiro atoms. The minimum absolute atomic E-state index is 0.0890. The molecule has 2 amide bonds. The molecule has 0 unspecified atom stereocenters. The van der Waals surface area contributed by atoms with Crippen LogP contribution in [0, 0.1) is 5.92 Å². The van der Waals surface area contributed by atoms with E-state index in [0.29, 0.717) is 29.2 Å². The number of benzene rings is 1. The molecular formula is C12H13ClN2O2. The molecule has 90 valence electrons. The Hall–Kier alpha value is -1.55. The van der Waals surface area contributed by atoms with Crippen LogP contribution in [0.1, 0.15) is 19.8 Å². The van der Waals surface area contributed by atoms with E-state index in [1.54, 1.807) is 18.2 Å². The lowest BCUT2D eigenvalue weighted by atomic mass is 9.97. The molecule has 0 saturated carbocycles. The van der Waals surface area contributed by atoms with E-state index >= 15 is 0 Å². The van der Waals surface area contributed by atoms with Gasteiger partial charge in [-0.15, -0.1) is 0 Å². The second-order valence-corrected chi connectivity index (χ2v) is 4.75. The molecule has 1 saturated heterocycles. The summed E-state index contributed by atoms with van der Waals surface area (Å²) in [6, 6.07) is 4.77. The zero-order valence-electron chi connectivity index (χ0n) is 9.44. The number of imide groups is 1. The number of anilines is 2. The fraction of sp³-hybridized carbons (Fsp3) is 0.333. The average molecular weight is 253 g/mol. The minimum atomic E-state index is -0.221. The zero-order chi connectivity index (χ0) is 12.6. The number of nitrogens with two attached hydrogens (primary N) is 1. The van der Waals surface area contributed by atoms with Crippen LogP contribution in [0.4, 0.5) is 11.4 Å². The highest BCUT2D eigenvalue weighted by molar-refractivity contribution is 6.35. The Kier molecular flexibility index (Phi) is 3.07. The third kappa shape index (κ3) is 2.26. The van der Waals surface area contributed by atoms with Crippen LogP contribution in [0.3, 0.4) is 0 Å². The van der Waals surface area contributed by atoms with Crippen molar-refractivity contribution in [1.82, 2.24) is 0 Å². The number of carbonyl (C=O) groups is 2. The summed E-state index contributed by atoms with van der Waals surface area (Å²) < 4.78 is 0. The number of amides is 2. The molecular weight excluding hydrogens is 240 g/mol. The Morgan fingerprint density at radius 3 is 2.47 bits per heavy atom. The number of halogens is 1. The molecule has 0 atom stereocenters. The quantitative estimate of drug-likeness (QED) is 0.616. The summed E-state index contributed by atoms with van der Waals surface area (Å²) in [5, 5.41) is 0.357. The van der Waals surface area contributed by atoms with Crippen LogP contribution < -0.4 is 10.6 Å². The van der Waals surface area contributed by atoms with Gasteiger partial charge in [0.1, 0.15) is 0 Å². The lowest BCUT2D eigenvalue weighted by Crippen LogP contribution is -2.43. The number of carbonyl (C=O) groups excluding carboxylic acids is 2. The molecule has 5 heteroatoms. The fourth-order valence-electron chi connectivity index (χ4n) is 1.96. The van der Waals surface area contributed by atoms with Gasteiger partial charge in [-0.1, -0.05) is 18.5 Å². The van der Waals surface area contributed by atoms with E-state index in [1.807, 2.05) is 6.92 Å². The van der Waals surface area contributed by atoms with Gasteiger partial charge in [0.25, 0.3) is 0 Å². The first-order chi connectivity index (χ1) is 7.99. The molecule has 1 aromatic carbocycles. The van der Waals surface area contributed by atoms with E-state index in [2.05, 4.69) is 0 Å². The van der Waals surface area contributed by atoms with Crippen molar-refractivity contribution in [3.05, 3.63) is 23.2 Å². The molecule has 2 rings (SSSR count). The Labute approximate surface area is 104 Å². The van der Waals surface area contributed by atoms with E-state index in [-0.39, 0.29) is 17.7 Å². The molecule has 0 aliphatic carbocycles. The summed E-state index contributed by atoms with van der Waals surface area (Å²) >= 11 is 5.99. The lowest BCUT2D eigenvalue weighted by Gasteiger charge is -2.29. The van der Waals surface area contributed by atoms with Gasteiger partial charge in [-0.3, -0.25) is 9.59 Å². The Morgan fingerprint density at radius 2 is 1.88 bits per heavy atom. The first-order valence-electron chi connectivity index (χ1n) is 5.40. The molecule has 0 radical (unpaired) electrons. The number of nitrogen functional groups attached to an aromatic ring is 1. The van der Waals surface area contributed by atoms with Gasteiger partial charge in [-0.05, 0) is 24.1 Å². The smallest absolute Gasteiger partial charge is 0.234 e. The Bertz CT molecular complexity index is 469. The van der Waals surface area contributed by atoms with E-state index in [1.165, 1.54) is 0 Å². The Balaban J connectivity index is 2.41.